The van der Waals surface area contributed by atoms with Crippen molar-refractivity contribution in [2.45, 2.75) is 5.38 Å². The molecule has 0 bridgehead atoms. The highest BCUT2D eigenvalue weighted by Gasteiger charge is 2.16. The Hall–Kier alpha value is -1.59. The van der Waals surface area contributed by atoms with Gasteiger partial charge in [-0.1, -0.05) is 15.9 Å². The van der Waals surface area contributed by atoms with Crippen LogP contribution in [0.2, 0.25) is 0 Å². The van der Waals surface area contributed by atoms with E-state index in [0.29, 0.717) is 20.9 Å². The van der Waals surface area contributed by atoms with Crippen molar-refractivity contribution in [3.05, 3.63) is 75.8 Å². The quantitative estimate of drug-likeness (QED) is 0.512. The van der Waals surface area contributed by atoms with Gasteiger partial charge >= 0.3 is 0 Å². The van der Waals surface area contributed by atoms with E-state index in [1.54, 1.807) is 6.07 Å². The lowest BCUT2D eigenvalue weighted by Crippen LogP contribution is -1.99. The maximum atomic E-state index is 14.0. The van der Waals surface area contributed by atoms with Gasteiger partial charge in [0.05, 0.1) is 5.69 Å². The first-order valence-electron chi connectivity index (χ1n) is 6.29. The van der Waals surface area contributed by atoms with Gasteiger partial charge in [-0.3, -0.25) is 4.98 Å². The van der Waals surface area contributed by atoms with Crippen molar-refractivity contribution in [2.24, 2.45) is 0 Å². The number of aromatic nitrogens is 1. The Balaban J connectivity index is 2.09. The molecule has 1 heterocycles. The number of hydrogen-bond donors (Lipinski definition) is 0. The summed E-state index contributed by atoms with van der Waals surface area (Å²) in [6.07, 6.45) is 1.48. The third-order valence-electron chi connectivity index (χ3n) is 3.21. The lowest BCUT2D eigenvalue weighted by atomic mass is 10.1. The molecule has 2 aromatic carbocycles. The summed E-state index contributed by atoms with van der Waals surface area (Å²) in [5.74, 6) is -1.88. The second-order valence-electron chi connectivity index (χ2n) is 4.78. The average molecular weight is 387 g/mol. The number of nitrogens with zero attached hydrogens (tertiary/aromatic N) is 1. The van der Waals surface area contributed by atoms with E-state index >= 15 is 0 Å². The molecule has 112 valence electrons. The van der Waals surface area contributed by atoms with Gasteiger partial charge in [-0.2, -0.15) is 0 Å². The number of pyridine rings is 1. The molecule has 0 aliphatic carbocycles. The third kappa shape index (κ3) is 2.96. The molecule has 0 saturated carbocycles. The van der Waals surface area contributed by atoms with E-state index in [2.05, 4.69) is 20.9 Å². The summed E-state index contributed by atoms with van der Waals surface area (Å²) in [6.45, 7) is 0. The SMILES string of the molecule is Fc1cc(F)cc(C(Cl)c2cc3c(F)cc(Br)cc3cn2)c1. The van der Waals surface area contributed by atoms with Crippen molar-refractivity contribution in [1.82, 2.24) is 4.98 Å². The predicted molar refractivity (Wildman–Crippen MR) is 83.5 cm³/mol. The van der Waals surface area contributed by atoms with Gasteiger partial charge in [-0.25, -0.2) is 13.2 Å². The zero-order valence-corrected chi connectivity index (χ0v) is 13.3. The number of halogens is 5. The molecule has 0 spiro atoms. The molecule has 1 nitrogen and oxygen atoms in total. The Morgan fingerprint density at radius 2 is 1.64 bits per heavy atom. The van der Waals surface area contributed by atoms with Crippen LogP contribution in [0.3, 0.4) is 0 Å². The van der Waals surface area contributed by atoms with Gasteiger partial charge in [0.1, 0.15) is 22.8 Å². The van der Waals surface area contributed by atoms with Crippen molar-refractivity contribution >= 4 is 38.3 Å². The Morgan fingerprint density at radius 1 is 0.955 bits per heavy atom. The molecule has 0 fully saturated rings. The number of rotatable bonds is 2. The van der Waals surface area contributed by atoms with Crippen molar-refractivity contribution in [1.29, 1.82) is 0 Å². The summed E-state index contributed by atoms with van der Waals surface area (Å²) in [7, 11) is 0. The summed E-state index contributed by atoms with van der Waals surface area (Å²) < 4.78 is 41.2. The largest absolute Gasteiger partial charge is 0.259 e. The van der Waals surface area contributed by atoms with E-state index in [9.17, 15) is 13.2 Å². The van der Waals surface area contributed by atoms with E-state index in [-0.39, 0.29) is 5.56 Å². The molecule has 0 saturated heterocycles. The standard InChI is InChI=1S/C16H8BrClF3N/c17-10-1-9-7-22-15(6-13(9)14(21)4-10)16(18)8-2-11(19)5-12(20)3-8/h1-7,16H. The number of hydrogen-bond acceptors (Lipinski definition) is 1. The second kappa shape index (κ2) is 5.89. The lowest BCUT2D eigenvalue weighted by molar-refractivity contribution is 0.580. The Morgan fingerprint density at radius 3 is 2.32 bits per heavy atom. The maximum Gasteiger partial charge on any atom is 0.132 e. The van der Waals surface area contributed by atoms with E-state index in [1.807, 2.05) is 0 Å². The van der Waals surface area contributed by atoms with Crippen LogP contribution in [-0.2, 0) is 0 Å². The van der Waals surface area contributed by atoms with Crippen LogP contribution in [0.25, 0.3) is 10.8 Å². The molecule has 0 radical (unpaired) electrons. The number of fused-ring (bicyclic) bond motifs is 1. The predicted octanol–water partition coefficient (Wildman–Crippen LogP) is 5.74. The van der Waals surface area contributed by atoms with Crippen LogP contribution in [-0.4, -0.2) is 4.98 Å². The minimum absolute atomic E-state index is 0.225. The highest BCUT2D eigenvalue weighted by atomic mass is 79.9. The van der Waals surface area contributed by atoms with Crippen LogP contribution in [0.5, 0.6) is 0 Å². The molecular weight excluding hydrogens is 379 g/mol. The van der Waals surface area contributed by atoms with E-state index < -0.39 is 22.8 Å². The molecule has 6 heteroatoms. The first kappa shape index (κ1) is 15.3. The van der Waals surface area contributed by atoms with Crippen LogP contribution in [0, 0.1) is 17.5 Å². The molecule has 3 rings (SSSR count). The zero-order valence-electron chi connectivity index (χ0n) is 11.0. The van der Waals surface area contributed by atoms with Gasteiger partial charge in [0.15, 0.2) is 0 Å². The highest BCUT2D eigenvalue weighted by Crippen LogP contribution is 2.31. The van der Waals surface area contributed by atoms with Gasteiger partial charge in [-0.15, -0.1) is 11.6 Å². The summed E-state index contributed by atoms with van der Waals surface area (Å²) in [5, 5.41) is 0.0679. The fourth-order valence-electron chi connectivity index (χ4n) is 2.22. The molecule has 0 amide bonds. The highest BCUT2D eigenvalue weighted by molar-refractivity contribution is 9.10. The summed E-state index contributed by atoms with van der Waals surface area (Å²) >= 11 is 9.44. The molecule has 0 aliphatic rings. The van der Waals surface area contributed by atoms with Crippen molar-refractivity contribution in [2.75, 3.05) is 0 Å². The molecular formula is C16H8BrClF3N. The number of alkyl halides is 1. The van der Waals surface area contributed by atoms with Crippen molar-refractivity contribution < 1.29 is 13.2 Å². The van der Waals surface area contributed by atoms with E-state index in [1.165, 1.54) is 18.3 Å². The fourth-order valence-corrected chi connectivity index (χ4v) is 2.92. The lowest BCUT2D eigenvalue weighted by Gasteiger charge is -2.11. The molecule has 1 unspecified atom stereocenters. The minimum atomic E-state index is -0.877. The van der Waals surface area contributed by atoms with Gasteiger partial charge in [-0.05, 0) is 35.9 Å². The molecule has 0 N–H and O–H groups in total. The Bertz CT molecular complexity index is 849. The Labute approximate surface area is 137 Å². The van der Waals surface area contributed by atoms with E-state index in [0.717, 1.165) is 18.2 Å². The monoisotopic (exact) mass is 385 g/mol. The van der Waals surface area contributed by atoms with Crippen LogP contribution in [0.15, 0.2) is 47.1 Å². The topological polar surface area (TPSA) is 12.9 Å². The Kier molecular flexibility index (Phi) is 4.10. The average Bonchev–Trinajstić information content (AvgIpc) is 2.45. The van der Waals surface area contributed by atoms with Gasteiger partial charge in [0.2, 0.25) is 0 Å². The van der Waals surface area contributed by atoms with Gasteiger partial charge in [0.25, 0.3) is 0 Å². The van der Waals surface area contributed by atoms with Crippen molar-refractivity contribution in [3.8, 4) is 0 Å². The third-order valence-corrected chi connectivity index (χ3v) is 4.14. The minimum Gasteiger partial charge on any atom is -0.259 e. The summed E-state index contributed by atoms with van der Waals surface area (Å²) in [5.41, 5.74) is 0.545. The van der Waals surface area contributed by atoms with Gasteiger partial charge in [0, 0.05) is 27.5 Å². The summed E-state index contributed by atoms with van der Waals surface area (Å²) in [6, 6.07) is 7.56. The fraction of sp³-hybridized carbons (Fsp3) is 0.0625. The molecule has 1 aromatic heterocycles. The summed E-state index contributed by atoms with van der Waals surface area (Å²) in [4.78, 5) is 4.16. The molecule has 22 heavy (non-hydrogen) atoms. The normalized spacial score (nSPS) is 12.6. The smallest absolute Gasteiger partial charge is 0.132 e. The first-order chi connectivity index (χ1) is 10.4. The van der Waals surface area contributed by atoms with Crippen LogP contribution < -0.4 is 0 Å². The zero-order chi connectivity index (χ0) is 15.9. The van der Waals surface area contributed by atoms with Crippen LogP contribution in [0.4, 0.5) is 13.2 Å². The van der Waals surface area contributed by atoms with E-state index in [4.69, 9.17) is 11.6 Å². The second-order valence-corrected chi connectivity index (χ2v) is 6.14. The molecule has 1 atom stereocenters. The molecule has 0 aliphatic heterocycles. The first-order valence-corrected chi connectivity index (χ1v) is 7.52. The maximum absolute atomic E-state index is 14.0. The van der Waals surface area contributed by atoms with Gasteiger partial charge < -0.3 is 0 Å². The molecule has 3 aromatic rings. The van der Waals surface area contributed by atoms with Crippen LogP contribution in [0.1, 0.15) is 16.6 Å². The van der Waals surface area contributed by atoms with Crippen molar-refractivity contribution in [3.63, 3.8) is 0 Å². The number of benzene rings is 2. The van der Waals surface area contributed by atoms with Crippen LogP contribution >= 0.6 is 27.5 Å².